The van der Waals surface area contributed by atoms with Gasteiger partial charge in [0.1, 0.15) is 23.2 Å². The number of ketones is 1. The minimum Gasteiger partial charge on any atom is -0.497 e. The van der Waals surface area contributed by atoms with Crippen LogP contribution in [0, 0.1) is 0 Å². The third-order valence-corrected chi connectivity index (χ3v) is 4.92. The molecule has 10 heteroatoms. The molecule has 158 valence electrons. The number of carbonyl (C=O) groups excluding carboxylic acids is 2. The minimum atomic E-state index is -0.877. The molecule has 1 aliphatic heterocycles. The van der Waals surface area contributed by atoms with E-state index in [1.54, 1.807) is 48.5 Å². The van der Waals surface area contributed by atoms with Crippen molar-refractivity contribution < 1.29 is 23.8 Å². The van der Waals surface area contributed by atoms with E-state index >= 15 is 0 Å². The molecule has 0 spiro atoms. The fraction of sp³-hybridized carbons (Fsp3) is 0.190. The number of nitrogens with zero attached hydrogens (tertiary/aromatic N) is 4. The Kier molecular flexibility index (Phi) is 5.35. The zero-order valence-electron chi connectivity index (χ0n) is 17.0. The first kappa shape index (κ1) is 20.1. The molecule has 0 saturated carbocycles. The molecule has 31 heavy (non-hydrogen) atoms. The summed E-state index contributed by atoms with van der Waals surface area (Å²) in [6.45, 7) is 0. The summed E-state index contributed by atoms with van der Waals surface area (Å²) in [5.74, 6) is 0.0802. The van der Waals surface area contributed by atoms with Gasteiger partial charge in [-0.05, 0) is 28.6 Å². The molecule has 0 fully saturated rings. The number of rotatable bonds is 6. The van der Waals surface area contributed by atoms with Crippen molar-refractivity contribution in [2.24, 2.45) is 0 Å². The summed E-state index contributed by atoms with van der Waals surface area (Å²) in [4.78, 5) is 26.3. The number of carbonyl (C=O) groups is 2. The van der Waals surface area contributed by atoms with E-state index in [9.17, 15) is 9.59 Å². The number of anilines is 1. The zero-order chi connectivity index (χ0) is 22.0. The van der Waals surface area contributed by atoms with Gasteiger partial charge in [0.05, 0.1) is 26.9 Å². The van der Waals surface area contributed by atoms with E-state index in [1.165, 1.54) is 26.0 Å². The predicted molar refractivity (Wildman–Crippen MR) is 109 cm³/mol. The van der Waals surface area contributed by atoms with Crippen LogP contribution >= 0.6 is 0 Å². The van der Waals surface area contributed by atoms with Gasteiger partial charge in [0.15, 0.2) is 5.78 Å². The van der Waals surface area contributed by atoms with E-state index in [4.69, 9.17) is 14.2 Å². The maximum atomic E-state index is 13.6. The van der Waals surface area contributed by atoms with Crippen LogP contribution in [-0.2, 0) is 9.53 Å². The molecule has 1 unspecified atom stereocenters. The van der Waals surface area contributed by atoms with Crippen molar-refractivity contribution in [3.8, 4) is 11.5 Å². The van der Waals surface area contributed by atoms with Gasteiger partial charge in [-0.3, -0.25) is 4.79 Å². The monoisotopic (exact) mass is 421 g/mol. The van der Waals surface area contributed by atoms with Gasteiger partial charge in [0.25, 0.3) is 0 Å². The van der Waals surface area contributed by atoms with Crippen LogP contribution in [0.2, 0.25) is 0 Å². The summed E-state index contributed by atoms with van der Waals surface area (Å²) >= 11 is 0. The van der Waals surface area contributed by atoms with Crippen molar-refractivity contribution in [3.63, 3.8) is 0 Å². The fourth-order valence-corrected chi connectivity index (χ4v) is 3.47. The largest absolute Gasteiger partial charge is 0.497 e. The molecule has 2 heterocycles. The number of nitrogens with one attached hydrogen (secondary N) is 1. The van der Waals surface area contributed by atoms with E-state index < -0.39 is 12.0 Å². The third kappa shape index (κ3) is 3.48. The van der Waals surface area contributed by atoms with Gasteiger partial charge in [-0.15, -0.1) is 0 Å². The average Bonchev–Trinajstić information content (AvgIpc) is 3.30. The lowest BCUT2D eigenvalue weighted by Crippen LogP contribution is -2.33. The highest BCUT2D eigenvalue weighted by atomic mass is 16.5. The standard InChI is InChI=1S/C21H19N5O5/c1-29-13-9-10-15(30-2)14(11-13)18-16(19(27)12-7-5-4-6-8-12)17(20(28)31-3)22-21-23-24-25-26(18)21/h4-11,18H,1-3H3,(H,22,23,25). The quantitative estimate of drug-likeness (QED) is 0.471. The molecule has 0 bridgehead atoms. The SMILES string of the molecule is COC(=O)C1=C(C(=O)c2ccccc2)C(c2cc(OC)ccc2OC)n2nnnc2N1. The number of methoxy groups -OCH3 is 3. The molecule has 1 aromatic heterocycles. The lowest BCUT2D eigenvalue weighted by molar-refractivity contribution is -0.136. The van der Waals surface area contributed by atoms with Gasteiger partial charge in [0, 0.05) is 11.1 Å². The molecule has 0 radical (unpaired) electrons. The van der Waals surface area contributed by atoms with Gasteiger partial charge >= 0.3 is 5.97 Å². The second kappa shape index (κ2) is 8.27. The smallest absolute Gasteiger partial charge is 0.355 e. The molecule has 1 aliphatic rings. The van der Waals surface area contributed by atoms with Crippen LogP contribution in [0.25, 0.3) is 0 Å². The number of aromatic nitrogens is 4. The Balaban J connectivity index is 2.01. The molecule has 0 aliphatic carbocycles. The number of tetrazole rings is 1. The maximum Gasteiger partial charge on any atom is 0.355 e. The van der Waals surface area contributed by atoms with E-state index in [0.29, 0.717) is 22.6 Å². The summed E-state index contributed by atoms with van der Waals surface area (Å²) in [5.41, 5.74) is 1.000. The highest BCUT2D eigenvalue weighted by Gasteiger charge is 2.40. The number of Topliss-reactive ketones (excluding diaryl/α,β-unsaturated/α-hetero) is 1. The molecule has 3 aromatic rings. The van der Waals surface area contributed by atoms with Crippen molar-refractivity contribution in [3.05, 3.63) is 70.9 Å². The van der Waals surface area contributed by atoms with Crippen LogP contribution in [0.1, 0.15) is 22.0 Å². The molecular formula is C21H19N5O5. The lowest BCUT2D eigenvalue weighted by atomic mass is 9.89. The molecule has 1 atom stereocenters. The van der Waals surface area contributed by atoms with E-state index in [2.05, 4.69) is 20.8 Å². The number of benzene rings is 2. The first-order chi connectivity index (χ1) is 15.1. The molecule has 4 rings (SSSR count). The Morgan fingerprint density at radius 2 is 1.81 bits per heavy atom. The molecule has 2 aromatic carbocycles. The van der Waals surface area contributed by atoms with Crippen molar-refractivity contribution in [1.29, 1.82) is 0 Å². The fourth-order valence-electron chi connectivity index (χ4n) is 3.47. The Morgan fingerprint density at radius 1 is 1.03 bits per heavy atom. The Morgan fingerprint density at radius 3 is 2.48 bits per heavy atom. The number of esters is 1. The number of hydrogen-bond acceptors (Lipinski definition) is 9. The van der Waals surface area contributed by atoms with Crippen LogP contribution < -0.4 is 14.8 Å². The number of fused-ring (bicyclic) bond motifs is 1. The first-order valence-corrected chi connectivity index (χ1v) is 9.28. The van der Waals surface area contributed by atoms with Crippen LogP contribution in [0.15, 0.2) is 59.8 Å². The van der Waals surface area contributed by atoms with Gasteiger partial charge in [-0.1, -0.05) is 35.4 Å². The first-order valence-electron chi connectivity index (χ1n) is 9.28. The van der Waals surface area contributed by atoms with E-state index in [0.717, 1.165) is 0 Å². The minimum absolute atomic E-state index is 0.0477. The predicted octanol–water partition coefficient (Wildman–Crippen LogP) is 2.02. The Hall–Kier alpha value is -4.21. The second-order valence-electron chi connectivity index (χ2n) is 6.56. The van der Waals surface area contributed by atoms with Crippen LogP contribution in [-0.4, -0.2) is 53.3 Å². The molecular weight excluding hydrogens is 402 g/mol. The van der Waals surface area contributed by atoms with Crippen molar-refractivity contribution in [2.75, 3.05) is 26.6 Å². The summed E-state index contributed by atoms with van der Waals surface area (Å²) in [6, 6.07) is 12.9. The lowest BCUT2D eigenvalue weighted by Gasteiger charge is -2.29. The number of ether oxygens (including phenoxy) is 3. The van der Waals surface area contributed by atoms with Gasteiger partial charge < -0.3 is 19.5 Å². The zero-order valence-corrected chi connectivity index (χ0v) is 17.0. The summed E-state index contributed by atoms with van der Waals surface area (Å²) in [7, 11) is 4.28. The summed E-state index contributed by atoms with van der Waals surface area (Å²) in [5, 5.41) is 14.5. The Bertz CT molecular complexity index is 1170. The van der Waals surface area contributed by atoms with Gasteiger partial charge in [-0.2, -0.15) is 4.68 Å². The van der Waals surface area contributed by atoms with Crippen molar-refractivity contribution in [2.45, 2.75) is 6.04 Å². The van der Waals surface area contributed by atoms with Crippen LogP contribution in [0.4, 0.5) is 5.95 Å². The van der Waals surface area contributed by atoms with Crippen molar-refractivity contribution >= 4 is 17.7 Å². The van der Waals surface area contributed by atoms with Crippen LogP contribution in [0.3, 0.4) is 0 Å². The molecule has 0 amide bonds. The van der Waals surface area contributed by atoms with E-state index in [1.807, 2.05) is 0 Å². The maximum absolute atomic E-state index is 13.6. The normalized spacial score (nSPS) is 15.0. The highest BCUT2D eigenvalue weighted by Crippen LogP contribution is 2.41. The van der Waals surface area contributed by atoms with Gasteiger partial charge in [0.2, 0.25) is 5.95 Å². The topological polar surface area (TPSA) is 117 Å². The summed E-state index contributed by atoms with van der Waals surface area (Å²) < 4.78 is 17.3. The number of allylic oxidation sites excluding steroid dienone is 1. The average molecular weight is 421 g/mol. The molecule has 1 N–H and O–H groups in total. The van der Waals surface area contributed by atoms with Crippen LogP contribution in [0.5, 0.6) is 11.5 Å². The van der Waals surface area contributed by atoms with Crippen molar-refractivity contribution in [1.82, 2.24) is 20.2 Å². The molecule has 10 nitrogen and oxygen atoms in total. The summed E-state index contributed by atoms with van der Waals surface area (Å²) in [6.07, 6.45) is 0. The second-order valence-corrected chi connectivity index (χ2v) is 6.56. The Labute approximate surface area is 177 Å². The van der Waals surface area contributed by atoms with Gasteiger partial charge in [-0.25, -0.2) is 4.79 Å². The third-order valence-electron chi connectivity index (χ3n) is 4.92. The molecule has 0 saturated heterocycles. The number of hydrogen-bond donors (Lipinski definition) is 1. The van der Waals surface area contributed by atoms with E-state index in [-0.39, 0.29) is 23.0 Å². The highest BCUT2D eigenvalue weighted by molar-refractivity contribution is 6.15.